The van der Waals surface area contributed by atoms with Gasteiger partial charge in [0.25, 0.3) is 5.91 Å². The number of nitrogens with zero attached hydrogens (tertiary/aromatic N) is 1. The molecule has 0 unspecified atom stereocenters. The molecule has 0 radical (unpaired) electrons. The number of aliphatic carboxylic acids is 1. The molecule has 3 aromatic carbocycles. The van der Waals surface area contributed by atoms with E-state index in [1.165, 1.54) is 24.1 Å². The first-order valence-corrected chi connectivity index (χ1v) is 10.6. The summed E-state index contributed by atoms with van der Waals surface area (Å²) in [6.07, 6.45) is 1.86. The van der Waals surface area contributed by atoms with Gasteiger partial charge in [-0.2, -0.15) is 0 Å². The van der Waals surface area contributed by atoms with Crippen LogP contribution in [0.25, 0.3) is 22.1 Å². The number of fused-ring (bicyclic) bond motifs is 1. The molecule has 1 aromatic heterocycles. The highest BCUT2D eigenvalue weighted by atomic mass is 35.5. The first-order chi connectivity index (χ1) is 15.3. The molecule has 0 fully saturated rings. The Hall–Kier alpha value is -3.28. The topological polar surface area (TPSA) is 70.8 Å². The van der Waals surface area contributed by atoms with Crippen molar-refractivity contribution < 1.29 is 19.1 Å². The molecular weight excluding hydrogens is 449 g/mol. The largest absolute Gasteiger partial charge is 0.480 e. The Labute approximate surface area is 194 Å². The van der Waals surface area contributed by atoms with Gasteiger partial charge in [-0.3, -0.25) is 4.79 Å². The van der Waals surface area contributed by atoms with Gasteiger partial charge in [0, 0.05) is 29.4 Å². The highest BCUT2D eigenvalue weighted by molar-refractivity contribution is 6.36. The van der Waals surface area contributed by atoms with Crippen molar-refractivity contribution in [3.05, 3.63) is 94.2 Å². The molecule has 1 heterocycles. The maximum Gasteiger partial charge on any atom is 0.326 e. The molecule has 4 aromatic rings. The third-order valence-corrected chi connectivity index (χ3v) is 5.96. The van der Waals surface area contributed by atoms with Crippen molar-refractivity contribution >= 4 is 46.0 Å². The second-order valence-electron chi connectivity index (χ2n) is 7.44. The van der Waals surface area contributed by atoms with Crippen LogP contribution < -0.4 is 0 Å². The van der Waals surface area contributed by atoms with Crippen LogP contribution in [0.5, 0.6) is 0 Å². The Morgan fingerprint density at radius 3 is 2.44 bits per heavy atom. The van der Waals surface area contributed by atoms with Crippen molar-refractivity contribution in [2.24, 2.45) is 0 Å². The average molecular weight is 468 g/mol. The van der Waals surface area contributed by atoms with E-state index >= 15 is 0 Å². The number of halogens is 2. The molecule has 5 nitrogen and oxygen atoms in total. The highest BCUT2D eigenvalue weighted by Crippen LogP contribution is 2.31. The standard InChI is InChI=1S/C25H19Cl2NO4/c1-28(24(29)19-11-10-17(26)13-21(19)27)22(25(30)31)12-15-6-8-16(9-7-15)20-14-32-23-5-3-2-4-18(20)23/h2-11,13-14,22H,12H2,1H3,(H,30,31)/t22-/m1/s1. The molecular formula is C25H19Cl2NO4. The summed E-state index contributed by atoms with van der Waals surface area (Å²) in [5.41, 5.74) is 3.72. The summed E-state index contributed by atoms with van der Waals surface area (Å²) in [4.78, 5) is 26.0. The lowest BCUT2D eigenvalue weighted by Crippen LogP contribution is -2.44. The Morgan fingerprint density at radius 2 is 1.75 bits per heavy atom. The summed E-state index contributed by atoms with van der Waals surface area (Å²) in [6.45, 7) is 0. The fourth-order valence-electron chi connectivity index (χ4n) is 3.63. The van der Waals surface area contributed by atoms with Crippen molar-refractivity contribution in [3.8, 4) is 11.1 Å². The van der Waals surface area contributed by atoms with E-state index in [-0.39, 0.29) is 17.0 Å². The highest BCUT2D eigenvalue weighted by Gasteiger charge is 2.28. The summed E-state index contributed by atoms with van der Waals surface area (Å²) in [6, 6.07) is 18.8. The molecule has 0 bridgehead atoms. The van der Waals surface area contributed by atoms with Crippen LogP contribution >= 0.6 is 23.2 Å². The minimum absolute atomic E-state index is 0.148. The molecule has 7 heteroatoms. The first kappa shape index (κ1) is 21.9. The van der Waals surface area contributed by atoms with Gasteiger partial charge >= 0.3 is 5.97 Å². The Balaban J connectivity index is 1.55. The molecule has 0 saturated heterocycles. The zero-order valence-electron chi connectivity index (χ0n) is 17.1. The third kappa shape index (κ3) is 4.35. The van der Waals surface area contributed by atoms with Gasteiger partial charge in [0.1, 0.15) is 11.6 Å². The lowest BCUT2D eigenvalue weighted by molar-refractivity contribution is -0.141. The monoisotopic (exact) mass is 467 g/mol. The quantitative estimate of drug-likeness (QED) is 0.367. The van der Waals surface area contributed by atoms with Gasteiger partial charge in [0.05, 0.1) is 16.8 Å². The molecule has 0 aliphatic carbocycles. The number of rotatable bonds is 6. The molecule has 1 N–H and O–H groups in total. The van der Waals surface area contributed by atoms with Crippen LogP contribution in [-0.2, 0) is 11.2 Å². The maximum absolute atomic E-state index is 12.9. The molecule has 4 rings (SSSR count). The minimum Gasteiger partial charge on any atom is -0.480 e. The number of hydrogen-bond acceptors (Lipinski definition) is 3. The number of carbonyl (C=O) groups excluding carboxylic acids is 1. The van der Waals surface area contributed by atoms with Gasteiger partial charge in [0.2, 0.25) is 0 Å². The lowest BCUT2D eigenvalue weighted by atomic mass is 9.99. The van der Waals surface area contributed by atoms with Gasteiger partial charge in [0.15, 0.2) is 0 Å². The van der Waals surface area contributed by atoms with Crippen LogP contribution in [-0.4, -0.2) is 35.0 Å². The van der Waals surface area contributed by atoms with Gasteiger partial charge in [-0.15, -0.1) is 0 Å². The van der Waals surface area contributed by atoms with E-state index in [4.69, 9.17) is 27.6 Å². The zero-order chi connectivity index (χ0) is 22.8. The average Bonchev–Trinajstić information content (AvgIpc) is 3.21. The Kier molecular flexibility index (Phi) is 6.21. The number of benzene rings is 3. The van der Waals surface area contributed by atoms with Gasteiger partial charge in [-0.25, -0.2) is 4.79 Å². The summed E-state index contributed by atoms with van der Waals surface area (Å²) in [5, 5.41) is 11.4. The summed E-state index contributed by atoms with van der Waals surface area (Å²) in [7, 11) is 1.46. The Morgan fingerprint density at radius 1 is 1.03 bits per heavy atom. The van der Waals surface area contributed by atoms with Gasteiger partial charge in [-0.05, 0) is 35.4 Å². The number of likely N-dealkylation sites (N-methyl/N-ethyl adjacent to an activating group) is 1. The van der Waals surface area contributed by atoms with Crippen molar-refractivity contribution in [2.45, 2.75) is 12.5 Å². The Bertz CT molecular complexity index is 1300. The second-order valence-corrected chi connectivity index (χ2v) is 8.28. The predicted octanol–water partition coefficient (Wildman–Crippen LogP) is 6.17. The molecule has 32 heavy (non-hydrogen) atoms. The number of para-hydroxylation sites is 1. The minimum atomic E-state index is -1.10. The van der Waals surface area contributed by atoms with E-state index in [1.807, 2.05) is 48.5 Å². The fraction of sp³-hybridized carbons (Fsp3) is 0.120. The fourth-order valence-corrected chi connectivity index (χ4v) is 4.12. The van der Waals surface area contributed by atoms with Gasteiger partial charge in [-0.1, -0.05) is 65.7 Å². The molecule has 0 spiro atoms. The van der Waals surface area contributed by atoms with Crippen LogP contribution in [0.1, 0.15) is 15.9 Å². The van der Waals surface area contributed by atoms with E-state index in [2.05, 4.69) is 0 Å². The summed E-state index contributed by atoms with van der Waals surface area (Å²) in [5.74, 6) is -1.59. The molecule has 0 aliphatic heterocycles. The molecule has 1 atom stereocenters. The molecule has 162 valence electrons. The first-order valence-electron chi connectivity index (χ1n) is 9.85. The van der Waals surface area contributed by atoms with Gasteiger partial charge < -0.3 is 14.4 Å². The van der Waals surface area contributed by atoms with E-state index in [1.54, 1.807) is 12.3 Å². The van der Waals surface area contributed by atoms with Crippen LogP contribution in [0.3, 0.4) is 0 Å². The zero-order valence-corrected chi connectivity index (χ0v) is 18.6. The van der Waals surface area contributed by atoms with Crippen LogP contribution in [0.15, 0.2) is 77.4 Å². The predicted molar refractivity (Wildman–Crippen MR) is 125 cm³/mol. The number of carboxylic acid groups (broad SMARTS) is 1. The van der Waals surface area contributed by atoms with Crippen LogP contribution in [0, 0.1) is 0 Å². The van der Waals surface area contributed by atoms with Crippen LogP contribution in [0.2, 0.25) is 10.0 Å². The van der Waals surface area contributed by atoms with Crippen molar-refractivity contribution in [3.63, 3.8) is 0 Å². The summed E-state index contributed by atoms with van der Waals surface area (Å²) >= 11 is 12.0. The van der Waals surface area contributed by atoms with E-state index < -0.39 is 17.9 Å². The number of amides is 1. The van der Waals surface area contributed by atoms with E-state index in [9.17, 15) is 14.7 Å². The number of carboxylic acids is 1. The smallest absolute Gasteiger partial charge is 0.326 e. The van der Waals surface area contributed by atoms with Crippen molar-refractivity contribution in [1.82, 2.24) is 4.90 Å². The normalized spacial score (nSPS) is 12.0. The van der Waals surface area contributed by atoms with Crippen molar-refractivity contribution in [1.29, 1.82) is 0 Å². The van der Waals surface area contributed by atoms with Crippen LogP contribution in [0.4, 0.5) is 0 Å². The SMILES string of the molecule is CN(C(=O)c1ccc(Cl)cc1Cl)[C@H](Cc1ccc(-c2coc3ccccc23)cc1)C(=O)O. The summed E-state index contributed by atoms with van der Waals surface area (Å²) < 4.78 is 5.61. The second kappa shape index (κ2) is 9.07. The van der Waals surface area contributed by atoms with Crippen molar-refractivity contribution in [2.75, 3.05) is 7.05 Å². The third-order valence-electron chi connectivity index (χ3n) is 5.41. The number of hydrogen-bond donors (Lipinski definition) is 1. The lowest BCUT2D eigenvalue weighted by Gasteiger charge is -2.25. The molecule has 0 aliphatic rings. The number of furan rings is 1. The van der Waals surface area contributed by atoms with E-state index in [0.717, 1.165) is 27.7 Å². The molecule has 1 amide bonds. The molecule has 0 saturated carbocycles. The number of carbonyl (C=O) groups is 2. The van der Waals surface area contributed by atoms with E-state index in [0.29, 0.717) is 5.02 Å². The maximum atomic E-state index is 12.9.